The first-order valence-corrected chi connectivity index (χ1v) is 6.70. The summed E-state index contributed by atoms with van der Waals surface area (Å²) in [6.45, 7) is 1.98. The van der Waals surface area contributed by atoms with Gasteiger partial charge in [0.05, 0.1) is 19.5 Å². The van der Waals surface area contributed by atoms with Crippen LogP contribution in [0.4, 0.5) is 5.82 Å². The van der Waals surface area contributed by atoms with Crippen molar-refractivity contribution in [3.63, 3.8) is 0 Å². The minimum absolute atomic E-state index is 0.250. The zero-order valence-electron chi connectivity index (χ0n) is 9.76. The first kappa shape index (κ1) is 12.2. The number of aromatic nitrogens is 2. The molecule has 0 aromatic carbocycles. The Bertz CT molecular complexity index is 375. The number of rotatable bonds is 2. The Morgan fingerprint density at radius 2 is 2.24 bits per heavy atom. The molecule has 6 heteroatoms. The molecule has 0 saturated carbocycles. The molecule has 17 heavy (non-hydrogen) atoms. The minimum atomic E-state index is -0.449. The first-order chi connectivity index (χ1) is 8.31. The molecule has 0 spiro atoms. The molecule has 1 aromatic rings. The van der Waals surface area contributed by atoms with E-state index in [1.165, 1.54) is 19.1 Å². The van der Waals surface area contributed by atoms with Gasteiger partial charge in [-0.1, -0.05) is 0 Å². The van der Waals surface area contributed by atoms with Crippen LogP contribution < -0.4 is 4.90 Å². The summed E-state index contributed by atoms with van der Waals surface area (Å²) in [5.74, 6) is 2.69. The van der Waals surface area contributed by atoms with E-state index in [0.29, 0.717) is 0 Å². The number of hydrogen-bond acceptors (Lipinski definition) is 6. The van der Waals surface area contributed by atoms with Crippen LogP contribution >= 0.6 is 11.8 Å². The van der Waals surface area contributed by atoms with Crippen LogP contribution in [-0.2, 0) is 4.74 Å². The molecule has 1 saturated heterocycles. The lowest BCUT2D eigenvalue weighted by Crippen LogP contribution is -2.26. The second-order valence-electron chi connectivity index (χ2n) is 3.70. The summed E-state index contributed by atoms with van der Waals surface area (Å²) in [6.07, 6.45) is 4.27. The highest BCUT2D eigenvalue weighted by Crippen LogP contribution is 2.16. The van der Waals surface area contributed by atoms with Crippen LogP contribution in [0.2, 0.25) is 0 Å². The molecule has 2 heterocycles. The molecule has 0 aliphatic carbocycles. The maximum atomic E-state index is 11.2. The topological polar surface area (TPSA) is 55.3 Å². The number of nitrogens with zero attached hydrogens (tertiary/aromatic N) is 3. The number of thioether (sulfide) groups is 1. The SMILES string of the molecule is COC(=O)c1cnc(N2CCCSCC2)cn1. The fourth-order valence-electron chi connectivity index (χ4n) is 1.67. The number of methoxy groups -OCH3 is 1. The van der Waals surface area contributed by atoms with E-state index in [2.05, 4.69) is 19.6 Å². The molecule has 1 aliphatic rings. The van der Waals surface area contributed by atoms with Crippen molar-refractivity contribution in [3.05, 3.63) is 18.1 Å². The van der Waals surface area contributed by atoms with Crippen LogP contribution in [0.5, 0.6) is 0 Å². The van der Waals surface area contributed by atoms with Gasteiger partial charge < -0.3 is 9.64 Å². The van der Waals surface area contributed by atoms with E-state index < -0.39 is 5.97 Å². The number of hydrogen-bond donors (Lipinski definition) is 0. The predicted octanol–water partition coefficient (Wildman–Crippen LogP) is 1.21. The van der Waals surface area contributed by atoms with Crippen molar-refractivity contribution < 1.29 is 9.53 Å². The minimum Gasteiger partial charge on any atom is -0.464 e. The number of anilines is 1. The van der Waals surface area contributed by atoms with Crippen molar-refractivity contribution in [2.45, 2.75) is 6.42 Å². The van der Waals surface area contributed by atoms with Gasteiger partial charge >= 0.3 is 5.97 Å². The Labute approximate surface area is 105 Å². The van der Waals surface area contributed by atoms with Gasteiger partial charge in [-0.2, -0.15) is 11.8 Å². The van der Waals surface area contributed by atoms with Crippen LogP contribution in [0.3, 0.4) is 0 Å². The number of ether oxygens (including phenoxy) is 1. The maximum Gasteiger partial charge on any atom is 0.358 e. The van der Waals surface area contributed by atoms with E-state index in [9.17, 15) is 4.79 Å². The molecule has 0 atom stereocenters. The Morgan fingerprint density at radius 3 is 2.94 bits per heavy atom. The number of esters is 1. The van der Waals surface area contributed by atoms with Crippen LogP contribution in [0, 0.1) is 0 Å². The summed E-state index contributed by atoms with van der Waals surface area (Å²) in [4.78, 5) is 21.8. The van der Waals surface area contributed by atoms with Crippen molar-refractivity contribution in [1.29, 1.82) is 0 Å². The molecule has 1 fully saturated rings. The van der Waals surface area contributed by atoms with Gasteiger partial charge in [-0.25, -0.2) is 14.8 Å². The van der Waals surface area contributed by atoms with E-state index in [1.807, 2.05) is 11.8 Å². The summed E-state index contributed by atoms with van der Waals surface area (Å²) in [5, 5.41) is 0. The van der Waals surface area contributed by atoms with Gasteiger partial charge in [0.1, 0.15) is 5.82 Å². The van der Waals surface area contributed by atoms with Crippen LogP contribution in [-0.4, -0.2) is 47.6 Å². The second kappa shape index (κ2) is 5.86. The van der Waals surface area contributed by atoms with Gasteiger partial charge in [0.2, 0.25) is 0 Å². The van der Waals surface area contributed by atoms with Crippen molar-refractivity contribution in [2.75, 3.05) is 36.6 Å². The highest BCUT2D eigenvalue weighted by Gasteiger charge is 2.13. The van der Waals surface area contributed by atoms with Gasteiger partial charge in [0, 0.05) is 18.8 Å². The van der Waals surface area contributed by atoms with Gasteiger partial charge in [-0.05, 0) is 12.2 Å². The average Bonchev–Trinajstić information content (AvgIpc) is 2.67. The van der Waals surface area contributed by atoms with Gasteiger partial charge in [0.25, 0.3) is 0 Å². The summed E-state index contributed by atoms with van der Waals surface area (Å²) in [6, 6.07) is 0. The first-order valence-electron chi connectivity index (χ1n) is 5.54. The highest BCUT2D eigenvalue weighted by atomic mass is 32.2. The third kappa shape index (κ3) is 3.09. The largest absolute Gasteiger partial charge is 0.464 e. The summed E-state index contributed by atoms with van der Waals surface area (Å²) < 4.78 is 4.58. The molecular formula is C11H15N3O2S. The van der Waals surface area contributed by atoms with Gasteiger partial charge in [-0.3, -0.25) is 0 Å². The standard InChI is InChI=1S/C11H15N3O2S/c1-16-11(15)9-7-13-10(8-12-9)14-3-2-5-17-6-4-14/h7-8H,2-6H2,1H3. The van der Waals surface area contributed by atoms with Crippen LogP contribution in [0.25, 0.3) is 0 Å². The molecule has 0 N–H and O–H groups in total. The predicted molar refractivity (Wildman–Crippen MR) is 67.5 cm³/mol. The second-order valence-corrected chi connectivity index (χ2v) is 4.93. The van der Waals surface area contributed by atoms with E-state index in [1.54, 1.807) is 6.20 Å². The third-order valence-corrected chi connectivity index (χ3v) is 3.63. The Kier molecular flexibility index (Phi) is 4.19. The lowest BCUT2D eigenvalue weighted by Gasteiger charge is -2.20. The number of carbonyl (C=O) groups excluding carboxylic acids is 1. The molecule has 0 radical (unpaired) electrons. The van der Waals surface area contributed by atoms with Crippen molar-refractivity contribution in [1.82, 2.24) is 9.97 Å². The smallest absolute Gasteiger partial charge is 0.358 e. The summed E-state index contributed by atoms with van der Waals surface area (Å²) in [7, 11) is 1.34. The van der Waals surface area contributed by atoms with E-state index in [-0.39, 0.29) is 5.69 Å². The fourth-order valence-corrected chi connectivity index (χ4v) is 2.56. The Morgan fingerprint density at radius 1 is 1.35 bits per heavy atom. The molecule has 1 aromatic heterocycles. The van der Waals surface area contributed by atoms with Gasteiger partial charge in [0.15, 0.2) is 5.69 Å². The normalized spacial score (nSPS) is 16.4. The summed E-state index contributed by atoms with van der Waals surface area (Å²) in [5.41, 5.74) is 0.250. The maximum absolute atomic E-state index is 11.2. The van der Waals surface area contributed by atoms with Crippen molar-refractivity contribution in [2.24, 2.45) is 0 Å². The zero-order chi connectivity index (χ0) is 12.1. The number of carbonyl (C=O) groups is 1. The zero-order valence-corrected chi connectivity index (χ0v) is 10.6. The van der Waals surface area contributed by atoms with Crippen molar-refractivity contribution >= 4 is 23.5 Å². The molecule has 5 nitrogen and oxygen atoms in total. The van der Waals surface area contributed by atoms with E-state index >= 15 is 0 Å². The molecule has 92 valence electrons. The molecule has 1 aliphatic heterocycles. The molecular weight excluding hydrogens is 238 g/mol. The highest BCUT2D eigenvalue weighted by molar-refractivity contribution is 7.99. The molecule has 0 unspecified atom stereocenters. The molecule has 0 bridgehead atoms. The van der Waals surface area contributed by atoms with E-state index in [0.717, 1.165) is 31.1 Å². The lowest BCUT2D eigenvalue weighted by molar-refractivity contribution is 0.0593. The van der Waals surface area contributed by atoms with Gasteiger partial charge in [-0.15, -0.1) is 0 Å². The fraction of sp³-hybridized carbons (Fsp3) is 0.545. The third-order valence-electron chi connectivity index (χ3n) is 2.58. The van der Waals surface area contributed by atoms with Crippen molar-refractivity contribution in [3.8, 4) is 0 Å². The van der Waals surface area contributed by atoms with E-state index in [4.69, 9.17) is 0 Å². The molecule has 2 rings (SSSR count). The average molecular weight is 253 g/mol. The Hall–Kier alpha value is -1.30. The van der Waals surface area contributed by atoms with Crippen LogP contribution in [0.15, 0.2) is 12.4 Å². The Balaban J connectivity index is 2.08. The quantitative estimate of drug-likeness (QED) is 0.738. The monoisotopic (exact) mass is 253 g/mol. The lowest BCUT2D eigenvalue weighted by atomic mass is 10.4. The summed E-state index contributed by atoms with van der Waals surface area (Å²) >= 11 is 1.96. The molecule has 0 amide bonds. The van der Waals surface area contributed by atoms with Crippen LogP contribution in [0.1, 0.15) is 16.9 Å².